The lowest BCUT2D eigenvalue weighted by Gasteiger charge is -2.14. The number of ether oxygens (including phenoxy) is 1. The number of nitrogens with zero attached hydrogens (tertiary/aromatic N) is 2. The fraction of sp³-hybridized carbons (Fsp3) is 0.538. The summed E-state index contributed by atoms with van der Waals surface area (Å²) in [5.41, 5.74) is 0.407. The molecule has 5 nitrogen and oxygen atoms in total. The zero-order chi connectivity index (χ0) is 13.0. The highest BCUT2D eigenvalue weighted by Crippen LogP contribution is 2.12. The van der Waals surface area contributed by atoms with Gasteiger partial charge in [-0.1, -0.05) is 6.92 Å². The van der Waals surface area contributed by atoms with Gasteiger partial charge in [-0.25, -0.2) is 0 Å². The largest absolute Gasteiger partial charge is 0.497 e. The summed E-state index contributed by atoms with van der Waals surface area (Å²) in [5.74, 6) is 0.522. The maximum atomic E-state index is 12.0. The number of hydrogen-bond donors (Lipinski definition) is 1. The molecule has 1 fully saturated rings. The predicted molar refractivity (Wildman–Crippen MR) is 68.8 cm³/mol. The third-order valence-electron chi connectivity index (χ3n) is 3.25. The third-order valence-corrected chi connectivity index (χ3v) is 3.25. The molecule has 2 rings (SSSR count). The first-order chi connectivity index (χ1) is 8.72. The molecule has 1 aliphatic heterocycles. The average Bonchev–Trinajstić information content (AvgIpc) is 2.86. The minimum Gasteiger partial charge on any atom is -0.497 e. The number of carbonyl (C=O) groups excluding carboxylic acids is 1. The van der Waals surface area contributed by atoms with Crippen molar-refractivity contribution >= 4 is 5.91 Å². The van der Waals surface area contributed by atoms with E-state index < -0.39 is 0 Å². The smallest absolute Gasteiger partial charge is 0.270 e. The highest BCUT2D eigenvalue weighted by Gasteiger charge is 2.23. The summed E-state index contributed by atoms with van der Waals surface area (Å²) in [7, 11) is 1.58. The van der Waals surface area contributed by atoms with Crippen molar-refractivity contribution in [2.24, 2.45) is 0 Å². The fourth-order valence-electron chi connectivity index (χ4n) is 2.16. The molecule has 98 valence electrons. The van der Waals surface area contributed by atoms with Crippen molar-refractivity contribution in [2.75, 3.05) is 26.7 Å². The zero-order valence-electron chi connectivity index (χ0n) is 10.8. The van der Waals surface area contributed by atoms with E-state index in [4.69, 9.17) is 4.74 Å². The van der Waals surface area contributed by atoms with Crippen molar-refractivity contribution in [1.82, 2.24) is 15.2 Å². The standard InChI is InChI=1S/C13H19N3O2/c1-3-16-7-5-10(9-16)15-13(17)12-8-11(18-2)4-6-14-12/h4,6,8,10H,3,5,7,9H2,1-2H3,(H,15,17)/t10-/m0/s1. The van der Waals surface area contributed by atoms with Gasteiger partial charge in [0.15, 0.2) is 0 Å². The topological polar surface area (TPSA) is 54.5 Å². The fourth-order valence-corrected chi connectivity index (χ4v) is 2.16. The first-order valence-corrected chi connectivity index (χ1v) is 6.26. The summed E-state index contributed by atoms with van der Waals surface area (Å²) in [6, 6.07) is 3.61. The monoisotopic (exact) mass is 249 g/mol. The highest BCUT2D eigenvalue weighted by atomic mass is 16.5. The molecule has 1 atom stereocenters. The van der Waals surface area contributed by atoms with Crippen molar-refractivity contribution in [2.45, 2.75) is 19.4 Å². The van der Waals surface area contributed by atoms with Gasteiger partial charge in [0.05, 0.1) is 7.11 Å². The van der Waals surface area contributed by atoms with Gasteiger partial charge in [-0.3, -0.25) is 9.78 Å². The normalized spacial score (nSPS) is 19.8. The summed E-state index contributed by atoms with van der Waals surface area (Å²) < 4.78 is 5.08. The maximum absolute atomic E-state index is 12.0. The molecule has 0 aromatic carbocycles. The first-order valence-electron chi connectivity index (χ1n) is 6.26. The number of amides is 1. The van der Waals surface area contributed by atoms with Gasteiger partial charge in [0.1, 0.15) is 11.4 Å². The molecule has 2 heterocycles. The van der Waals surface area contributed by atoms with Crippen LogP contribution in [0, 0.1) is 0 Å². The van der Waals surface area contributed by atoms with Crippen LogP contribution in [0.3, 0.4) is 0 Å². The van der Waals surface area contributed by atoms with Gasteiger partial charge in [-0.05, 0) is 19.0 Å². The van der Waals surface area contributed by atoms with Gasteiger partial charge in [-0.2, -0.15) is 0 Å². The van der Waals surface area contributed by atoms with E-state index in [2.05, 4.69) is 22.1 Å². The summed E-state index contributed by atoms with van der Waals surface area (Å²) in [6.07, 6.45) is 2.59. The number of rotatable bonds is 4. The number of likely N-dealkylation sites (N-methyl/N-ethyl adjacent to an activating group) is 1. The lowest BCUT2D eigenvalue weighted by Crippen LogP contribution is -2.37. The van der Waals surface area contributed by atoms with E-state index in [1.165, 1.54) is 0 Å². The van der Waals surface area contributed by atoms with E-state index in [1.807, 2.05) is 0 Å². The second-order valence-electron chi connectivity index (χ2n) is 4.43. The molecule has 5 heteroatoms. The van der Waals surface area contributed by atoms with Gasteiger partial charge in [0, 0.05) is 31.4 Å². The van der Waals surface area contributed by atoms with Crippen LogP contribution in [0.1, 0.15) is 23.8 Å². The Kier molecular flexibility index (Phi) is 4.15. The molecule has 0 unspecified atom stereocenters. The quantitative estimate of drug-likeness (QED) is 0.862. The van der Waals surface area contributed by atoms with E-state index in [-0.39, 0.29) is 11.9 Å². The van der Waals surface area contributed by atoms with E-state index in [0.29, 0.717) is 11.4 Å². The number of carbonyl (C=O) groups is 1. The van der Waals surface area contributed by atoms with Gasteiger partial charge < -0.3 is 15.0 Å². The van der Waals surface area contributed by atoms with Crippen molar-refractivity contribution in [3.05, 3.63) is 24.0 Å². The average molecular weight is 249 g/mol. The molecule has 1 saturated heterocycles. The van der Waals surface area contributed by atoms with Crippen LogP contribution in [0.4, 0.5) is 0 Å². The maximum Gasteiger partial charge on any atom is 0.270 e. The van der Waals surface area contributed by atoms with Crippen molar-refractivity contribution in [3.63, 3.8) is 0 Å². The van der Waals surface area contributed by atoms with E-state index in [0.717, 1.165) is 26.1 Å². The Bertz CT molecular complexity index is 422. The molecule has 0 aliphatic carbocycles. The molecule has 18 heavy (non-hydrogen) atoms. The van der Waals surface area contributed by atoms with Crippen LogP contribution < -0.4 is 10.1 Å². The lowest BCUT2D eigenvalue weighted by atomic mass is 10.2. The van der Waals surface area contributed by atoms with E-state index in [1.54, 1.807) is 25.4 Å². The van der Waals surface area contributed by atoms with Crippen molar-refractivity contribution in [3.8, 4) is 5.75 Å². The van der Waals surface area contributed by atoms with Crippen LogP contribution in [0.2, 0.25) is 0 Å². The van der Waals surface area contributed by atoms with Gasteiger partial charge in [0.2, 0.25) is 0 Å². The van der Waals surface area contributed by atoms with Crippen molar-refractivity contribution < 1.29 is 9.53 Å². The molecule has 0 saturated carbocycles. The van der Waals surface area contributed by atoms with Crippen LogP contribution in [-0.2, 0) is 0 Å². The Hall–Kier alpha value is -1.62. The van der Waals surface area contributed by atoms with Crippen LogP contribution in [0.5, 0.6) is 5.75 Å². The number of nitrogens with one attached hydrogen (secondary N) is 1. The highest BCUT2D eigenvalue weighted by molar-refractivity contribution is 5.92. The number of pyridine rings is 1. The molecule has 1 aromatic rings. The summed E-state index contributed by atoms with van der Waals surface area (Å²) in [4.78, 5) is 18.4. The molecule has 1 amide bonds. The van der Waals surface area contributed by atoms with E-state index in [9.17, 15) is 4.79 Å². The lowest BCUT2D eigenvalue weighted by molar-refractivity contribution is 0.0932. The van der Waals surface area contributed by atoms with Gasteiger partial charge in [0.25, 0.3) is 5.91 Å². The molecular formula is C13H19N3O2. The summed E-state index contributed by atoms with van der Waals surface area (Å²) >= 11 is 0. The van der Waals surface area contributed by atoms with Crippen LogP contribution in [-0.4, -0.2) is 48.6 Å². The minimum absolute atomic E-state index is 0.128. The molecule has 0 radical (unpaired) electrons. The Morgan fingerprint density at radius 3 is 3.17 bits per heavy atom. The Labute approximate surface area is 107 Å². The predicted octanol–water partition coefficient (Wildman–Crippen LogP) is 0.914. The summed E-state index contributed by atoms with van der Waals surface area (Å²) in [6.45, 7) is 5.14. The number of aromatic nitrogens is 1. The molecule has 1 aliphatic rings. The zero-order valence-corrected chi connectivity index (χ0v) is 10.8. The number of methoxy groups -OCH3 is 1. The van der Waals surface area contributed by atoms with Crippen LogP contribution >= 0.6 is 0 Å². The summed E-state index contributed by atoms with van der Waals surface area (Å²) in [5, 5.41) is 3.01. The third kappa shape index (κ3) is 2.98. The van der Waals surface area contributed by atoms with E-state index >= 15 is 0 Å². The number of likely N-dealkylation sites (tertiary alicyclic amines) is 1. The first kappa shape index (κ1) is 12.8. The van der Waals surface area contributed by atoms with Crippen molar-refractivity contribution in [1.29, 1.82) is 0 Å². The molecular weight excluding hydrogens is 230 g/mol. The van der Waals surface area contributed by atoms with Crippen LogP contribution in [0.25, 0.3) is 0 Å². The Balaban J connectivity index is 1.95. The number of hydrogen-bond acceptors (Lipinski definition) is 4. The Morgan fingerprint density at radius 1 is 1.67 bits per heavy atom. The van der Waals surface area contributed by atoms with Gasteiger partial charge >= 0.3 is 0 Å². The Morgan fingerprint density at radius 2 is 2.50 bits per heavy atom. The molecule has 1 N–H and O–H groups in total. The second kappa shape index (κ2) is 5.82. The SMILES string of the molecule is CCN1CC[C@H](NC(=O)c2cc(OC)ccn2)C1. The van der Waals surface area contributed by atoms with Crippen LogP contribution in [0.15, 0.2) is 18.3 Å². The second-order valence-corrected chi connectivity index (χ2v) is 4.43. The molecule has 0 bridgehead atoms. The molecule has 0 spiro atoms. The minimum atomic E-state index is -0.128. The molecule has 1 aromatic heterocycles. The van der Waals surface area contributed by atoms with Gasteiger partial charge in [-0.15, -0.1) is 0 Å².